The first-order valence-corrected chi connectivity index (χ1v) is 10.3. The zero-order valence-corrected chi connectivity index (χ0v) is 15.6. The van der Waals surface area contributed by atoms with Gasteiger partial charge in [0, 0.05) is 31.5 Å². The van der Waals surface area contributed by atoms with Gasteiger partial charge in [-0.3, -0.25) is 9.36 Å². The molecule has 2 unspecified atom stereocenters. The van der Waals surface area contributed by atoms with Gasteiger partial charge in [0.05, 0.1) is 11.5 Å². The van der Waals surface area contributed by atoms with Gasteiger partial charge in [-0.25, -0.2) is 9.78 Å². The molecule has 5 fully saturated rings. The Kier molecular flexibility index (Phi) is 4.04. The Balaban J connectivity index is 1.25. The van der Waals surface area contributed by atoms with Crippen molar-refractivity contribution in [1.82, 2.24) is 19.8 Å². The van der Waals surface area contributed by atoms with E-state index >= 15 is 0 Å². The van der Waals surface area contributed by atoms with E-state index in [2.05, 4.69) is 10.3 Å². The highest BCUT2D eigenvalue weighted by molar-refractivity contribution is 5.83. The van der Waals surface area contributed by atoms with Crippen molar-refractivity contribution >= 4 is 11.9 Å². The van der Waals surface area contributed by atoms with Crippen LogP contribution in [-0.2, 0) is 4.79 Å². The first kappa shape index (κ1) is 17.2. The van der Waals surface area contributed by atoms with Crippen molar-refractivity contribution in [2.45, 2.75) is 57.1 Å². The number of carbonyl (C=O) groups is 2. The van der Waals surface area contributed by atoms with E-state index in [0.29, 0.717) is 30.8 Å². The monoisotopic (exact) mass is 372 g/mol. The van der Waals surface area contributed by atoms with Crippen molar-refractivity contribution in [2.75, 3.05) is 13.1 Å². The summed E-state index contributed by atoms with van der Waals surface area (Å²) in [6, 6.07) is -0.0685. The van der Waals surface area contributed by atoms with Crippen molar-refractivity contribution in [3.05, 3.63) is 18.7 Å². The standard InChI is InChI=1S/C20H28N4O3/c25-17-14-6-13-7-15(17)10-20(8-13,9-14)18(26)22-16-2-1-4-23(11-16)19(27)24-5-3-21-12-24/h3,5,12-17,25H,1-2,4,6-11H2,(H,22,26)/t13?,14?,15?,16-,17?,20?/m0/s1. The molecule has 0 radical (unpaired) electrons. The van der Waals surface area contributed by atoms with Crippen molar-refractivity contribution in [1.29, 1.82) is 0 Å². The molecule has 7 nitrogen and oxygen atoms in total. The summed E-state index contributed by atoms with van der Waals surface area (Å²) < 4.78 is 1.49. The van der Waals surface area contributed by atoms with Crippen LogP contribution in [-0.4, -0.2) is 56.7 Å². The number of imidazole rings is 1. The van der Waals surface area contributed by atoms with Gasteiger partial charge < -0.3 is 15.3 Å². The number of aromatic nitrogens is 2. The minimum atomic E-state index is -0.285. The highest BCUT2D eigenvalue weighted by atomic mass is 16.3. The molecule has 5 aliphatic rings. The summed E-state index contributed by atoms with van der Waals surface area (Å²) in [5, 5.41) is 13.7. The molecular weight excluding hydrogens is 344 g/mol. The average Bonchev–Trinajstić information content (AvgIpc) is 3.19. The number of hydrogen-bond donors (Lipinski definition) is 2. The molecule has 1 saturated heterocycles. The first-order chi connectivity index (χ1) is 13.0. The summed E-state index contributed by atoms with van der Waals surface area (Å²) >= 11 is 0. The molecule has 4 bridgehead atoms. The second-order valence-corrected chi connectivity index (χ2v) is 9.25. The van der Waals surface area contributed by atoms with E-state index in [9.17, 15) is 14.7 Å². The third-order valence-corrected chi connectivity index (χ3v) is 7.46. The molecule has 6 rings (SSSR count). The predicted octanol–water partition coefficient (Wildman–Crippen LogP) is 1.62. The molecule has 2 amide bonds. The van der Waals surface area contributed by atoms with Gasteiger partial charge in [0.2, 0.25) is 5.91 Å². The third-order valence-electron chi connectivity index (χ3n) is 7.46. The fourth-order valence-corrected chi connectivity index (χ4v) is 6.42. The minimum Gasteiger partial charge on any atom is -0.393 e. The Morgan fingerprint density at radius 3 is 2.67 bits per heavy atom. The molecular formula is C20H28N4O3. The van der Waals surface area contributed by atoms with Crippen LogP contribution in [0.3, 0.4) is 0 Å². The Morgan fingerprint density at radius 2 is 1.96 bits per heavy atom. The van der Waals surface area contributed by atoms with Crippen LogP contribution >= 0.6 is 0 Å². The van der Waals surface area contributed by atoms with Crippen LogP contribution < -0.4 is 5.32 Å². The van der Waals surface area contributed by atoms with Crippen LogP contribution in [0.5, 0.6) is 0 Å². The van der Waals surface area contributed by atoms with E-state index in [1.165, 1.54) is 10.9 Å². The summed E-state index contributed by atoms with van der Waals surface area (Å²) in [5.41, 5.74) is -0.285. The highest BCUT2D eigenvalue weighted by Crippen LogP contribution is 2.60. The number of rotatable bonds is 2. The topological polar surface area (TPSA) is 87.5 Å². The van der Waals surface area contributed by atoms with Gasteiger partial charge in [-0.2, -0.15) is 0 Å². The molecule has 1 aromatic heterocycles. The van der Waals surface area contributed by atoms with Crippen molar-refractivity contribution in [2.24, 2.45) is 23.2 Å². The van der Waals surface area contributed by atoms with Gasteiger partial charge in [-0.05, 0) is 62.7 Å². The second kappa shape index (κ2) is 6.33. The van der Waals surface area contributed by atoms with E-state index < -0.39 is 0 Å². The van der Waals surface area contributed by atoms with E-state index in [4.69, 9.17) is 0 Å². The van der Waals surface area contributed by atoms with E-state index in [1.807, 2.05) is 0 Å². The number of hydrogen-bond acceptors (Lipinski definition) is 4. The average molecular weight is 372 g/mol. The molecule has 3 atom stereocenters. The second-order valence-electron chi connectivity index (χ2n) is 9.25. The maximum absolute atomic E-state index is 13.3. The lowest BCUT2D eigenvalue weighted by atomic mass is 9.48. The normalized spacial score (nSPS) is 40.2. The molecule has 2 N–H and O–H groups in total. The zero-order chi connectivity index (χ0) is 18.6. The number of nitrogens with zero attached hydrogens (tertiary/aromatic N) is 3. The van der Waals surface area contributed by atoms with E-state index in [1.54, 1.807) is 17.3 Å². The van der Waals surface area contributed by atoms with Crippen LogP contribution in [0.2, 0.25) is 0 Å². The van der Waals surface area contributed by atoms with Gasteiger partial charge in [0.15, 0.2) is 0 Å². The minimum absolute atomic E-state index is 0.0108. The largest absolute Gasteiger partial charge is 0.393 e. The fourth-order valence-electron chi connectivity index (χ4n) is 6.42. The summed E-state index contributed by atoms with van der Waals surface area (Å²) in [7, 11) is 0. The molecule has 27 heavy (non-hydrogen) atoms. The smallest absolute Gasteiger partial charge is 0.329 e. The summed E-state index contributed by atoms with van der Waals surface area (Å²) in [5.74, 6) is 1.36. The molecule has 4 saturated carbocycles. The van der Waals surface area contributed by atoms with Gasteiger partial charge in [-0.15, -0.1) is 0 Å². The van der Waals surface area contributed by atoms with Gasteiger partial charge in [0.25, 0.3) is 0 Å². The SMILES string of the molecule is O=C(N1CCC[C@H](NC(=O)C23CC4CC(C2)C(O)C(C4)C3)C1)n1ccnc1. The van der Waals surface area contributed by atoms with Crippen LogP contribution in [0.4, 0.5) is 4.79 Å². The van der Waals surface area contributed by atoms with Crippen molar-refractivity contribution in [3.63, 3.8) is 0 Å². The lowest BCUT2D eigenvalue weighted by Gasteiger charge is -2.58. The Morgan fingerprint density at radius 1 is 1.19 bits per heavy atom. The number of piperidine rings is 1. The summed E-state index contributed by atoms with van der Waals surface area (Å²) in [6.07, 6.45) is 11.2. The number of nitrogens with one attached hydrogen (secondary N) is 1. The molecule has 4 aliphatic carbocycles. The lowest BCUT2D eigenvalue weighted by Crippen LogP contribution is -2.60. The highest BCUT2D eigenvalue weighted by Gasteiger charge is 2.58. The maximum atomic E-state index is 13.3. The predicted molar refractivity (Wildman–Crippen MR) is 97.8 cm³/mol. The third kappa shape index (κ3) is 2.87. The Labute approximate surface area is 159 Å². The zero-order valence-electron chi connectivity index (χ0n) is 15.6. The van der Waals surface area contributed by atoms with E-state index in [-0.39, 0.29) is 29.5 Å². The van der Waals surface area contributed by atoms with Crippen LogP contribution in [0.25, 0.3) is 0 Å². The molecule has 0 aromatic carbocycles. The van der Waals surface area contributed by atoms with Gasteiger partial charge in [-0.1, -0.05) is 0 Å². The summed E-state index contributed by atoms with van der Waals surface area (Å²) in [6.45, 7) is 1.27. The molecule has 1 aliphatic heterocycles. The van der Waals surface area contributed by atoms with Gasteiger partial charge >= 0.3 is 6.03 Å². The van der Waals surface area contributed by atoms with Crippen LogP contribution in [0.1, 0.15) is 44.9 Å². The summed E-state index contributed by atoms with van der Waals surface area (Å²) in [4.78, 5) is 31.6. The van der Waals surface area contributed by atoms with Gasteiger partial charge in [0.1, 0.15) is 6.33 Å². The van der Waals surface area contributed by atoms with Crippen molar-refractivity contribution in [3.8, 4) is 0 Å². The molecule has 2 heterocycles. The number of carbonyl (C=O) groups excluding carboxylic acids is 2. The van der Waals surface area contributed by atoms with E-state index in [0.717, 1.165) is 44.9 Å². The maximum Gasteiger partial charge on any atom is 0.329 e. The van der Waals surface area contributed by atoms with Crippen LogP contribution in [0, 0.1) is 23.2 Å². The Bertz CT molecular complexity index is 718. The number of likely N-dealkylation sites (tertiary alicyclic amines) is 1. The molecule has 146 valence electrons. The van der Waals surface area contributed by atoms with Crippen LogP contribution in [0.15, 0.2) is 18.7 Å². The number of amides is 2. The number of aliphatic hydroxyl groups is 1. The molecule has 0 spiro atoms. The quantitative estimate of drug-likeness (QED) is 0.826. The lowest BCUT2D eigenvalue weighted by molar-refractivity contribution is -0.163. The van der Waals surface area contributed by atoms with Crippen molar-refractivity contribution < 1.29 is 14.7 Å². The Hall–Kier alpha value is -1.89. The fraction of sp³-hybridized carbons (Fsp3) is 0.750. The number of aliphatic hydroxyl groups excluding tert-OH is 1. The first-order valence-electron chi connectivity index (χ1n) is 10.3. The molecule has 1 aromatic rings. The molecule has 7 heteroatoms.